The third-order valence-corrected chi connectivity index (χ3v) is 8.17. The molecule has 2 aliphatic carbocycles. The summed E-state index contributed by atoms with van der Waals surface area (Å²) in [5.74, 6) is 0.373. The van der Waals surface area contributed by atoms with Crippen molar-refractivity contribution in [3.05, 3.63) is 93.7 Å². The van der Waals surface area contributed by atoms with Crippen LogP contribution in [0.25, 0.3) is 5.69 Å². The third kappa shape index (κ3) is 3.82. The van der Waals surface area contributed by atoms with Crippen molar-refractivity contribution in [3.63, 3.8) is 0 Å². The Morgan fingerprint density at radius 1 is 0.972 bits per heavy atom. The lowest BCUT2D eigenvalue weighted by atomic mass is 9.85. The Morgan fingerprint density at radius 2 is 1.61 bits per heavy atom. The molecule has 1 saturated carbocycles. The lowest BCUT2D eigenvalue weighted by molar-refractivity contribution is -0.140. The summed E-state index contributed by atoms with van der Waals surface area (Å²) in [6.45, 7) is 4.54. The lowest BCUT2D eigenvalue weighted by Gasteiger charge is -2.13. The van der Waals surface area contributed by atoms with Gasteiger partial charge in [-0.05, 0) is 80.1 Å². The van der Waals surface area contributed by atoms with Crippen molar-refractivity contribution < 1.29 is 14.3 Å². The lowest BCUT2D eigenvalue weighted by Crippen LogP contribution is -2.28. The van der Waals surface area contributed by atoms with Crippen LogP contribution in [0, 0.1) is 37.5 Å². The molecule has 3 aliphatic rings. The van der Waals surface area contributed by atoms with Crippen LogP contribution in [0.1, 0.15) is 28.9 Å². The molecule has 0 radical (unpaired) electrons. The highest BCUT2D eigenvalue weighted by Crippen LogP contribution is 2.52. The molecular formula is C29H26BrN3O3. The van der Waals surface area contributed by atoms with Crippen molar-refractivity contribution >= 4 is 34.0 Å². The van der Waals surface area contributed by atoms with E-state index in [-0.39, 0.29) is 35.5 Å². The molecule has 2 fully saturated rings. The Balaban J connectivity index is 1.17. The quantitative estimate of drug-likeness (QED) is 0.231. The summed E-state index contributed by atoms with van der Waals surface area (Å²) in [6, 6.07) is 18.1. The number of aryl methyl sites for hydroxylation is 1. The number of nitrogens with zero attached hydrogens (tertiary/aromatic N) is 3. The van der Waals surface area contributed by atoms with Crippen LogP contribution < -0.4 is 4.74 Å². The fourth-order valence-corrected chi connectivity index (χ4v) is 6.14. The number of fused-ring (bicyclic) bond motifs is 5. The molecule has 36 heavy (non-hydrogen) atoms. The molecule has 1 aromatic heterocycles. The SMILES string of the molecule is Cc1cc(C=NN2C(=O)[C@@H]3[C@H](C2=O)[C@H]2C=C[C@H]3C2)c(C)n1-c1ccc(OCc2ccc(Br)cc2)cc1. The molecule has 2 aromatic carbocycles. The Morgan fingerprint density at radius 3 is 2.25 bits per heavy atom. The maximum absolute atomic E-state index is 12.9. The number of hydrazone groups is 1. The van der Waals surface area contributed by atoms with Crippen LogP contribution in [0.2, 0.25) is 0 Å². The number of halogens is 1. The summed E-state index contributed by atoms with van der Waals surface area (Å²) in [5.41, 5.74) is 5.01. The number of carbonyl (C=O) groups excluding carboxylic acids is 2. The van der Waals surface area contributed by atoms with Gasteiger partial charge in [-0.3, -0.25) is 9.59 Å². The number of allylic oxidation sites excluding steroid dienone is 2. The topological polar surface area (TPSA) is 63.9 Å². The van der Waals surface area contributed by atoms with Gasteiger partial charge < -0.3 is 9.30 Å². The van der Waals surface area contributed by atoms with Gasteiger partial charge in [-0.1, -0.05) is 40.2 Å². The summed E-state index contributed by atoms with van der Waals surface area (Å²) in [6.07, 6.45) is 6.74. The van der Waals surface area contributed by atoms with E-state index < -0.39 is 0 Å². The third-order valence-electron chi connectivity index (χ3n) is 7.64. The molecule has 3 aromatic rings. The zero-order valence-corrected chi connectivity index (χ0v) is 21.7. The molecule has 1 saturated heterocycles. The van der Waals surface area contributed by atoms with E-state index in [4.69, 9.17) is 4.74 Å². The van der Waals surface area contributed by atoms with Crippen LogP contribution in [-0.2, 0) is 16.2 Å². The van der Waals surface area contributed by atoms with Crippen molar-refractivity contribution in [2.75, 3.05) is 0 Å². The Hall–Kier alpha value is -3.45. The molecule has 6 rings (SSSR count). The first kappa shape index (κ1) is 23.0. The minimum Gasteiger partial charge on any atom is -0.489 e. The first-order valence-corrected chi connectivity index (χ1v) is 13.0. The predicted octanol–water partition coefficient (Wildman–Crippen LogP) is 5.58. The summed E-state index contributed by atoms with van der Waals surface area (Å²) >= 11 is 3.45. The van der Waals surface area contributed by atoms with Gasteiger partial charge in [0.15, 0.2) is 0 Å². The average Bonchev–Trinajstić information content (AvgIpc) is 3.62. The second-order valence-corrected chi connectivity index (χ2v) is 10.7. The number of ether oxygens (including phenoxy) is 1. The predicted molar refractivity (Wildman–Crippen MR) is 141 cm³/mol. The van der Waals surface area contributed by atoms with Gasteiger partial charge in [-0.25, -0.2) is 0 Å². The molecule has 2 heterocycles. The van der Waals surface area contributed by atoms with Crippen LogP contribution in [0.4, 0.5) is 0 Å². The standard InChI is InChI=1S/C29H26BrN3O3/c1-17-13-22(15-31-33-28(34)26-20-5-6-21(14-20)27(26)29(33)35)18(2)32(17)24-9-11-25(12-10-24)36-16-19-3-7-23(30)8-4-19/h3-13,15,20-21,26-27H,14,16H2,1-2H3/t20-,21-,26-,27+/m0/s1. The van der Waals surface area contributed by atoms with E-state index in [1.807, 2.05) is 68.4 Å². The molecule has 0 spiro atoms. The maximum atomic E-state index is 12.9. The van der Waals surface area contributed by atoms with E-state index in [1.165, 1.54) is 0 Å². The molecule has 0 N–H and O–H groups in total. The monoisotopic (exact) mass is 543 g/mol. The second kappa shape index (κ2) is 8.89. The van der Waals surface area contributed by atoms with Crippen molar-refractivity contribution in [1.82, 2.24) is 9.58 Å². The van der Waals surface area contributed by atoms with Crippen LogP contribution >= 0.6 is 15.9 Å². The summed E-state index contributed by atoms with van der Waals surface area (Å²) < 4.78 is 9.11. The van der Waals surface area contributed by atoms with E-state index >= 15 is 0 Å². The molecule has 7 heteroatoms. The van der Waals surface area contributed by atoms with E-state index in [2.05, 4.69) is 37.8 Å². The number of hydrogen-bond donors (Lipinski definition) is 0. The van der Waals surface area contributed by atoms with Gasteiger partial charge in [-0.2, -0.15) is 10.1 Å². The molecule has 2 bridgehead atoms. The minimum absolute atomic E-state index is 0.161. The van der Waals surface area contributed by atoms with Crippen molar-refractivity contribution in [1.29, 1.82) is 0 Å². The number of imide groups is 1. The van der Waals surface area contributed by atoms with Crippen molar-refractivity contribution in [3.8, 4) is 11.4 Å². The minimum atomic E-state index is -0.235. The first-order valence-electron chi connectivity index (χ1n) is 12.2. The largest absolute Gasteiger partial charge is 0.489 e. The van der Waals surface area contributed by atoms with Gasteiger partial charge in [0, 0.05) is 27.1 Å². The van der Waals surface area contributed by atoms with Gasteiger partial charge in [0.25, 0.3) is 11.8 Å². The number of amides is 2. The highest BCUT2D eigenvalue weighted by Gasteiger charge is 2.59. The highest BCUT2D eigenvalue weighted by molar-refractivity contribution is 9.10. The normalized spacial score (nSPS) is 24.4. The molecular weight excluding hydrogens is 518 g/mol. The summed E-state index contributed by atoms with van der Waals surface area (Å²) in [4.78, 5) is 25.8. The van der Waals surface area contributed by atoms with E-state index in [9.17, 15) is 9.59 Å². The fourth-order valence-electron chi connectivity index (χ4n) is 5.87. The summed E-state index contributed by atoms with van der Waals surface area (Å²) in [7, 11) is 0. The molecule has 6 nitrogen and oxygen atoms in total. The van der Waals surface area contributed by atoms with Crippen LogP contribution in [-0.4, -0.2) is 27.6 Å². The molecule has 2 amide bonds. The highest BCUT2D eigenvalue weighted by atomic mass is 79.9. The van der Waals surface area contributed by atoms with Crippen molar-refractivity contribution in [2.24, 2.45) is 28.8 Å². The average molecular weight is 544 g/mol. The number of benzene rings is 2. The Kier molecular flexibility index (Phi) is 5.67. The van der Waals surface area contributed by atoms with Crippen LogP contribution in [0.5, 0.6) is 5.75 Å². The molecule has 0 unspecified atom stereocenters. The number of hydrogen-bond acceptors (Lipinski definition) is 4. The van der Waals surface area contributed by atoms with Gasteiger partial charge in [0.2, 0.25) is 0 Å². The van der Waals surface area contributed by atoms with E-state index in [0.29, 0.717) is 6.61 Å². The number of aromatic nitrogens is 1. The second-order valence-electron chi connectivity index (χ2n) is 9.80. The first-order chi connectivity index (χ1) is 17.4. The van der Waals surface area contributed by atoms with Crippen LogP contribution in [0.15, 0.2) is 76.3 Å². The number of rotatable bonds is 6. The number of carbonyl (C=O) groups is 2. The summed E-state index contributed by atoms with van der Waals surface area (Å²) in [5, 5.41) is 5.46. The Labute approximate surface area is 218 Å². The Bertz CT molecular complexity index is 1370. The van der Waals surface area contributed by atoms with E-state index in [1.54, 1.807) is 6.21 Å². The van der Waals surface area contributed by atoms with E-state index in [0.717, 1.165) is 49.9 Å². The smallest absolute Gasteiger partial charge is 0.254 e. The van der Waals surface area contributed by atoms with Gasteiger partial charge in [0.05, 0.1) is 18.1 Å². The zero-order chi connectivity index (χ0) is 25.0. The van der Waals surface area contributed by atoms with Gasteiger partial charge in [-0.15, -0.1) is 0 Å². The van der Waals surface area contributed by atoms with Crippen molar-refractivity contribution in [2.45, 2.75) is 26.9 Å². The molecule has 182 valence electrons. The maximum Gasteiger partial charge on any atom is 0.254 e. The van der Waals surface area contributed by atoms with Crippen LogP contribution in [0.3, 0.4) is 0 Å². The molecule has 1 aliphatic heterocycles. The van der Waals surface area contributed by atoms with Gasteiger partial charge in [0.1, 0.15) is 12.4 Å². The van der Waals surface area contributed by atoms with Gasteiger partial charge >= 0.3 is 0 Å². The zero-order valence-electron chi connectivity index (χ0n) is 20.1. The molecule has 4 atom stereocenters. The fraction of sp³-hybridized carbons (Fsp3) is 0.276.